The van der Waals surface area contributed by atoms with Gasteiger partial charge in [0.15, 0.2) is 4.34 Å². The number of carbonyl (C=O) groups is 1. The summed E-state index contributed by atoms with van der Waals surface area (Å²) in [6.07, 6.45) is 0. The molecule has 0 aliphatic heterocycles. The summed E-state index contributed by atoms with van der Waals surface area (Å²) in [7, 11) is 0. The van der Waals surface area contributed by atoms with Gasteiger partial charge in [-0.1, -0.05) is 49.1 Å². The van der Waals surface area contributed by atoms with Crippen LogP contribution in [0.15, 0.2) is 34.7 Å². The highest BCUT2D eigenvalue weighted by Crippen LogP contribution is 2.28. The molecule has 0 bridgehead atoms. The van der Waals surface area contributed by atoms with Crippen molar-refractivity contribution in [2.75, 3.05) is 5.32 Å². The molecule has 8 heteroatoms. The maximum absolute atomic E-state index is 12.4. The number of hydrogen-bond donors (Lipinski definition) is 1. The third kappa shape index (κ3) is 4.70. The van der Waals surface area contributed by atoms with E-state index in [1.165, 1.54) is 11.3 Å². The Hall–Kier alpha value is -2.19. The van der Waals surface area contributed by atoms with Gasteiger partial charge < -0.3 is 0 Å². The average Bonchev–Trinajstić information content (AvgIpc) is 3.13. The van der Waals surface area contributed by atoms with Gasteiger partial charge in [0, 0.05) is 16.5 Å². The summed E-state index contributed by atoms with van der Waals surface area (Å²) < 4.78 is 2.81. The molecule has 1 aromatic carbocycles. The van der Waals surface area contributed by atoms with Crippen molar-refractivity contribution >= 4 is 34.1 Å². The zero-order chi connectivity index (χ0) is 18.7. The average molecular weight is 388 g/mol. The molecule has 0 saturated heterocycles. The van der Waals surface area contributed by atoms with E-state index in [4.69, 9.17) is 0 Å². The van der Waals surface area contributed by atoms with Gasteiger partial charge in [-0.15, -0.1) is 10.2 Å². The Morgan fingerprint density at radius 2 is 1.96 bits per heavy atom. The third-order valence-corrected chi connectivity index (χ3v) is 5.54. The largest absolute Gasteiger partial charge is 0.296 e. The standard InChI is InChI=1S/C18H21N5OS2/c1-11(2)25-18-21-20-17(26-18)19-16(24)15-7-5-14(6-8-15)10-23-13(4)9-12(3)22-23/h5-9,11H,10H2,1-4H3,(H,19,20,24). The number of hydrogen-bond acceptors (Lipinski definition) is 6. The number of anilines is 1. The molecular formula is C18H21N5OS2. The van der Waals surface area contributed by atoms with Crippen LogP contribution in [0.4, 0.5) is 5.13 Å². The van der Waals surface area contributed by atoms with Crippen LogP contribution in [0.25, 0.3) is 0 Å². The number of benzene rings is 1. The van der Waals surface area contributed by atoms with Gasteiger partial charge in [-0.2, -0.15) is 5.10 Å². The molecule has 6 nitrogen and oxygen atoms in total. The molecule has 0 radical (unpaired) electrons. The summed E-state index contributed by atoms with van der Waals surface area (Å²) in [5.41, 5.74) is 3.82. The third-order valence-electron chi connectivity index (χ3n) is 3.62. The Kier molecular flexibility index (Phi) is 5.73. The molecule has 2 heterocycles. The molecule has 136 valence electrons. The number of nitrogens with one attached hydrogen (secondary N) is 1. The highest BCUT2D eigenvalue weighted by atomic mass is 32.2. The number of carbonyl (C=O) groups excluding carboxylic acids is 1. The number of thioether (sulfide) groups is 1. The summed E-state index contributed by atoms with van der Waals surface area (Å²) in [6, 6.07) is 9.59. The van der Waals surface area contributed by atoms with Crippen molar-refractivity contribution in [3.05, 3.63) is 52.8 Å². The highest BCUT2D eigenvalue weighted by molar-refractivity contribution is 8.01. The lowest BCUT2D eigenvalue weighted by atomic mass is 10.1. The van der Waals surface area contributed by atoms with E-state index in [0.29, 0.717) is 22.5 Å². The van der Waals surface area contributed by atoms with Crippen LogP contribution in [0, 0.1) is 13.8 Å². The van der Waals surface area contributed by atoms with Gasteiger partial charge in [0.2, 0.25) is 5.13 Å². The van der Waals surface area contributed by atoms with Crippen LogP contribution in [0.2, 0.25) is 0 Å². The Labute approximate surface area is 161 Å². The van der Waals surface area contributed by atoms with E-state index < -0.39 is 0 Å². The van der Waals surface area contributed by atoms with Crippen molar-refractivity contribution in [2.45, 2.75) is 43.8 Å². The van der Waals surface area contributed by atoms with Crippen molar-refractivity contribution < 1.29 is 4.79 Å². The second-order valence-electron chi connectivity index (χ2n) is 6.28. The van der Waals surface area contributed by atoms with Crippen molar-refractivity contribution in [3.8, 4) is 0 Å². The quantitative estimate of drug-likeness (QED) is 0.508. The van der Waals surface area contributed by atoms with E-state index in [1.54, 1.807) is 11.8 Å². The predicted molar refractivity (Wildman–Crippen MR) is 106 cm³/mol. The minimum atomic E-state index is -0.181. The monoisotopic (exact) mass is 387 g/mol. The zero-order valence-electron chi connectivity index (χ0n) is 15.2. The minimum absolute atomic E-state index is 0.181. The molecule has 1 N–H and O–H groups in total. The lowest BCUT2D eigenvalue weighted by molar-refractivity contribution is 0.102. The van der Waals surface area contributed by atoms with Gasteiger partial charge in [0.1, 0.15) is 0 Å². The fourth-order valence-corrected chi connectivity index (χ4v) is 4.42. The molecule has 0 unspecified atom stereocenters. The molecule has 0 atom stereocenters. The summed E-state index contributed by atoms with van der Waals surface area (Å²) in [5.74, 6) is -0.181. The van der Waals surface area contributed by atoms with Crippen LogP contribution in [-0.4, -0.2) is 31.1 Å². The van der Waals surface area contributed by atoms with E-state index in [-0.39, 0.29) is 5.91 Å². The Balaban J connectivity index is 1.63. The van der Waals surface area contributed by atoms with Crippen molar-refractivity contribution in [1.82, 2.24) is 20.0 Å². The van der Waals surface area contributed by atoms with Crippen LogP contribution in [0.5, 0.6) is 0 Å². The molecule has 2 aromatic heterocycles. The van der Waals surface area contributed by atoms with Crippen molar-refractivity contribution in [3.63, 3.8) is 0 Å². The number of aryl methyl sites for hydroxylation is 2. The van der Waals surface area contributed by atoms with E-state index in [2.05, 4.69) is 40.5 Å². The topological polar surface area (TPSA) is 72.7 Å². The highest BCUT2D eigenvalue weighted by Gasteiger charge is 2.12. The molecule has 26 heavy (non-hydrogen) atoms. The summed E-state index contributed by atoms with van der Waals surface area (Å²) in [5, 5.41) is 16.3. The van der Waals surface area contributed by atoms with Crippen LogP contribution < -0.4 is 5.32 Å². The summed E-state index contributed by atoms with van der Waals surface area (Å²) in [4.78, 5) is 12.4. The Morgan fingerprint density at radius 3 is 2.58 bits per heavy atom. The molecule has 1 amide bonds. The van der Waals surface area contributed by atoms with E-state index in [1.807, 2.05) is 42.8 Å². The van der Waals surface area contributed by atoms with Gasteiger partial charge >= 0.3 is 0 Å². The molecule has 0 fully saturated rings. The second-order valence-corrected chi connectivity index (χ2v) is 9.08. The first-order valence-electron chi connectivity index (χ1n) is 8.32. The lowest BCUT2D eigenvalue weighted by Crippen LogP contribution is -2.12. The first-order valence-corrected chi connectivity index (χ1v) is 10.0. The summed E-state index contributed by atoms with van der Waals surface area (Å²) >= 11 is 3.02. The number of amides is 1. The normalized spacial score (nSPS) is 11.1. The zero-order valence-corrected chi connectivity index (χ0v) is 16.8. The van der Waals surface area contributed by atoms with Crippen molar-refractivity contribution in [2.24, 2.45) is 0 Å². The predicted octanol–water partition coefficient (Wildman–Crippen LogP) is 4.15. The molecule has 0 aliphatic carbocycles. The molecule has 3 aromatic rings. The first-order chi connectivity index (χ1) is 12.4. The number of rotatable bonds is 6. The van der Waals surface area contributed by atoms with Crippen LogP contribution >= 0.6 is 23.1 Å². The molecule has 0 aliphatic rings. The van der Waals surface area contributed by atoms with Gasteiger partial charge in [-0.3, -0.25) is 14.8 Å². The minimum Gasteiger partial charge on any atom is -0.296 e. The van der Waals surface area contributed by atoms with Crippen LogP contribution in [0.3, 0.4) is 0 Å². The lowest BCUT2D eigenvalue weighted by Gasteiger charge is -2.06. The molecule has 3 rings (SSSR count). The smallest absolute Gasteiger partial charge is 0.257 e. The van der Waals surface area contributed by atoms with E-state index in [9.17, 15) is 4.79 Å². The Bertz CT molecular complexity index is 899. The maximum atomic E-state index is 12.4. The van der Waals surface area contributed by atoms with Crippen LogP contribution in [0.1, 0.15) is 41.2 Å². The molecule has 0 spiro atoms. The number of aromatic nitrogens is 4. The number of nitrogens with zero attached hydrogens (tertiary/aromatic N) is 4. The van der Waals surface area contributed by atoms with Gasteiger partial charge in [0.25, 0.3) is 5.91 Å². The second kappa shape index (κ2) is 8.01. The van der Waals surface area contributed by atoms with Gasteiger partial charge in [-0.25, -0.2) is 0 Å². The fraction of sp³-hybridized carbons (Fsp3) is 0.333. The first kappa shape index (κ1) is 18.6. The maximum Gasteiger partial charge on any atom is 0.257 e. The van der Waals surface area contributed by atoms with Gasteiger partial charge in [-0.05, 0) is 37.6 Å². The Morgan fingerprint density at radius 1 is 1.23 bits per heavy atom. The van der Waals surface area contributed by atoms with Crippen molar-refractivity contribution in [1.29, 1.82) is 0 Å². The summed E-state index contributed by atoms with van der Waals surface area (Å²) in [6.45, 7) is 8.90. The van der Waals surface area contributed by atoms with E-state index in [0.717, 1.165) is 21.3 Å². The molecular weight excluding hydrogens is 366 g/mol. The van der Waals surface area contributed by atoms with Crippen LogP contribution in [-0.2, 0) is 6.54 Å². The van der Waals surface area contributed by atoms with Gasteiger partial charge in [0.05, 0.1) is 12.2 Å². The fourth-order valence-electron chi connectivity index (χ4n) is 2.45. The van der Waals surface area contributed by atoms with E-state index >= 15 is 0 Å². The SMILES string of the molecule is Cc1cc(C)n(Cc2ccc(C(=O)Nc3nnc(SC(C)C)s3)cc2)n1. The molecule has 0 saturated carbocycles.